The molecule has 1 amide bonds. The van der Waals surface area contributed by atoms with Crippen molar-refractivity contribution >= 4 is 73.3 Å². The van der Waals surface area contributed by atoms with Gasteiger partial charge in [0.15, 0.2) is 9.84 Å². The van der Waals surface area contributed by atoms with E-state index in [1.54, 1.807) is 36.4 Å². The lowest BCUT2D eigenvalue weighted by molar-refractivity contribution is -0.123. The van der Waals surface area contributed by atoms with E-state index in [4.69, 9.17) is 39.8 Å². The molecule has 5 nitrogen and oxygen atoms in total. The van der Waals surface area contributed by atoms with Crippen molar-refractivity contribution in [2.75, 3.05) is 11.5 Å². The van der Waals surface area contributed by atoms with Crippen LogP contribution in [0.25, 0.3) is 17.4 Å². The number of furan rings is 1. The van der Waals surface area contributed by atoms with E-state index in [9.17, 15) is 13.2 Å². The van der Waals surface area contributed by atoms with Crippen LogP contribution in [0.5, 0.6) is 0 Å². The molecule has 146 valence electrons. The Labute approximate surface area is 181 Å². The molecule has 2 saturated heterocycles. The van der Waals surface area contributed by atoms with Gasteiger partial charge in [0.2, 0.25) is 0 Å². The molecule has 4 rings (SSSR count). The number of nitrogens with zero attached hydrogens (tertiary/aromatic N) is 1. The first-order valence-corrected chi connectivity index (χ1v) is 12.1. The molecule has 1 unspecified atom stereocenters. The molecule has 0 saturated carbocycles. The van der Waals surface area contributed by atoms with Crippen LogP contribution in [-0.2, 0) is 14.6 Å². The number of benzene rings is 1. The van der Waals surface area contributed by atoms with Crippen LogP contribution in [0.15, 0.2) is 39.7 Å². The number of carbonyl (C=O) groups is 1. The Morgan fingerprint density at radius 2 is 2.04 bits per heavy atom. The molecule has 28 heavy (non-hydrogen) atoms. The molecular formula is C18H13Cl2NO4S3. The highest BCUT2D eigenvalue weighted by molar-refractivity contribution is 8.26. The number of hydrogen-bond donors (Lipinski definition) is 0. The van der Waals surface area contributed by atoms with Crippen LogP contribution in [0, 0.1) is 0 Å². The topological polar surface area (TPSA) is 67.6 Å². The van der Waals surface area contributed by atoms with E-state index in [-0.39, 0.29) is 17.4 Å². The summed E-state index contributed by atoms with van der Waals surface area (Å²) in [7, 11) is -3.11. The Balaban J connectivity index is 1.58. The third kappa shape index (κ3) is 3.89. The number of carbonyl (C=O) groups excluding carboxylic acids is 1. The van der Waals surface area contributed by atoms with E-state index in [1.807, 2.05) is 0 Å². The maximum atomic E-state index is 12.8. The van der Waals surface area contributed by atoms with Crippen LogP contribution in [0.2, 0.25) is 10.0 Å². The molecule has 1 aromatic carbocycles. The fourth-order valence-electron chi connectivity index (χ4n) is 3.17. The molecule has 2 aliphatic rings. The van der Waals surface area contributed by atoms with E-state index < -0.39 is 15.9 Å². The normalized spacial score (nSPS) is 23.1. The van der Waals surface area contributed by atoms with E-state index in [1.165, 1.54) is 4.90 Å². The highest BCUT2D eigenvalue weighted by atomic mass is 35.5. The molecule has 0 radical (unpaired) electrons. The maximum absolute atomic E-state index is 12.8. The number of halogens is 2. The minimum atomic E-state index is -3.11. The van der Waals surface area contributed by atoms with Crippen molar-refractivity contribution in [3.8, 4) is 11.3 Å². The molecule has 1 atom stereocenters. The molecule has 0 aliphatic carbocycles. The van der Waals surface area contributed by atoms with Crippen LogP contribution in [-0.4, -0.2) is 41.1 Å². The largest absolute Gasteiger partial charge is 0.457 e. The Bertz CT molecular complexity index is 1120. The van der Waals surface area contributed by atoms with Gasteiger partial charge in [0.25, 0.3) is 5.91 Å². The van der Waals surface area contributed by atoms with Gasteiger partial charge in [-0.1, -0.05) is 47.2 Å². The summed E-state index contributed by atoms with van der Waals surface area (Å²) in [5, 5.41) is 0.986. The van der Waals surface area contributed by atoms with Gasteiger partial charge in [-0.25, -0.2) is 8.42 Å². The second-order valence-electron chi connectivity index (χ2n) is 6.43. The van der Waals surface area contributed by atoms with Crippen LogP contribution in [0.4, 0.5) is 0 Å². The van der Waals surface area contributed by atoms with Gasteiger partial charge in [-0.3, -0.25) is 9.69 Å². The van der Waals surface area contributed by atoms with Gasteiger partial charge in [-0.15, -0.1) is 0 Å². The van der Waals surface area contributed by atoms with Gasteiger partial charge in [0.1, 0.15) is 15.8 Å². The monoisotopic (exact) mass is 473 g/mol. The average molecular weight is 474 g/mol. The minimum absolute atomic E-state index is 0.0489. The highest BCUT2D eigenvalue weighted by Crippen LogP contribution is 2.37. The predicted molar refractivity (Wildman–Crippen MR) is 116 cm³/mol. The quantitative estimate of drug-likeness (QED) is 0.477. The van der Waals surface area contributed by atoms with Crippen molar-refractivity contribution < 1.29 is 17.6 Å². The standard InChI is InChI=1S/C18H13Cl2NO4S3/c19-10-1-3-13(14(20)7-10)15-4-2-12(25-15)8-16-17(22)21(18(26)27-16)11-5-6-28(23,24)9-11/h1-4,7-8,11H,5-6,9H2. The Kier molecular flexibility index (Phi) is 5.35. The first-order valence-electron chi connectivity index (χ1n) is 8.26. The Morgan fingerprint density at radius 3 is 2.71 bits per heavy atom. The molecule has 10 heteroatoms. The van der Waals surface area contributed by atoms with Crippen LogP contribution in [0.3, 0.4) is 0 Å². The zero-order chi connectivity index (χ0) is 20.1. The first kappa shape index (κ1) is 20.0. The number of thioether (sulfide) groups is 1. The summed E-state index contributed by atoms with van der Waals surface area (Å²) in [5.74, 6) is 0.759. The van der Waals surface area contributed by atoms with Crippen molar-refractivity contribution in [2.24, 2.45) is 0 Å². The predicted octanol–water partition coefficient (Wildman–Crippen LogP) is 4.64. The molecule has 0 spiro atoms. The van der Waals surface area contributed by atoms with E-state index in [2.05, 4.69) is 0 Å². The molecule has 0 N–H and O–H groups in total. The molecule has 2 aliphatic heterocycles. The van der Waals surface area contributed by atoms with Gasteiger partial charge >= 0.3 is 0 Å². The van der Waals surface area contributed by atoms with E-state index >= 15 is 0 Å². The van der Waals surface area contributed by atoms with Crippen LogP contribution >= 0.6 is 47.2 Å². The van der Waals surface area contributed by atoms with Crippen molar-refractivity contribution in [1.82, 2.24) is 4.90 Å². The van der Waals surface area contributed by atoms with Crippen molar-refractivity contribution in [2.45, 2.75) is 12.5 Å². The zero-order valence-corrected chi connectivity index (χ0v) is 18.2. The van der Waals surface area contributed by atoms with E-state index in [0.717, 1.165) is 11.8 Å². The summed E-state index contributed by atoms with van der Waals surface area (Å²) >= 11 is 18.6. The van der Waals surface area contributed by atoms with Crippen LogP contribution in [0.1, 0.15) is 12.2 Å². The molecule has 3 heterocycles. The minimum Gasteiger partial charge on any atom is -0.457 e. The average Bonchev–Trinajstić information content (AvgIpc) is 3.27. The SMILES string of the molecule is O=C1C(=Cc2ccc(-c3ccc(Cl)cc3Cl)o2)SC(=S)N1C1CCS(=O)(=O)C1. The van der Waals surface area contributed by atoms with Gasteiger partial charge in [-0.05, 0) is 36.8 Å². The number of thiocarbonyl (C=S) groups is 1. The smallest absolute Gasteiger partial charge is 0.266 e. The summed E-state index contributed by atoms with van der Waals surface area (Å²) in [6.07, 6.45) is 2.01. The third-order valence-corrected chi connectivity index (χ3v) is 8.12. The number of hydrogen-bond acceptors (Lipinski definition) is 6. The fraction of sp³-hybridized carbons (Fsp3) is 0.222. The maximum Gasteiger partial charge on any atom is 0.266 e. The second-order valence-corrected chi connectivity index (χ2v) is 11.2. The second kappa shape index (κ2) is 7.50. The summed E-state index contributed by atoms with van der Waals surface area (Å²) in [6.45, 7) is 0. The summed E-state index contributed by atoms with van der Waals surface area (Å²) in [5.41, 5.74) is 0.689. The van der Waals surface area contributed by atoms with Crippen molar-refractivity contribution in [3.05, 3.63) is 51.0 Å². The molecule has 2 fully saturated rings. The zero-order valence-electron chi connectivity index (χ0n) is 14.2. The van der Waals surface area contributed by atoms with Crippen molar-refractivity contribution in [1.29, 1.82) is 0 Å². The lowest BCUT2D eigenvalue weighted by atomic mass is 10.2. The molecule has 2 aromatic rings. The summed E-state index contributed by atoms with van der Waals surface area (Å²) < 4.78 is 29.6. The first-order chi connectivity index (χ1) is 13.2. The Morgan fingerprint density at radius 1 is 1.25 bits per heavy atom. The van der Waals surface area contributed by atoms with Gasteiger partial charge in [0.05, 0.1) is 27.5 Å². The van der Waals surface area contributed by atoms with Gasteiger partial charge in [0, 0.05) is 16.7 Å². The lowest BCUT2D eigenvalue weighted by Crippen LogP contribution is -2.39. The molecule has 1 aromatic heterocycles. The summed E-state index contributed by atoms with van der Waals surface area (Å²) in [4.78, 5) is 14.6. The van der Waals surface area contributed by atoms with Crippen LogP contribution < -0.4 is 0 Å². The lowest BCUT2D eigenvalue weighted by Gasteiger charge is -2.20. The third-order valence-electron chi connectivity index (χ3n) is 4.49. The molecular weight excluding hydrogens is 461 g/mol. The van der Waals surface area contributed by atoms with E-state index in [0.29, 0.717) is 42.8 Å². The van der Waals surface area contributed by atoms with Crippen molar-refractivity contribution in [3.63, 3.8) is 0 Å². The molecule has 0 bridgehead atoms. The van der Waals surface area contributed by atoms with Gasteiger partial charge < -0.3 is 4.42 Å². The summed E-state index contributed by atoms with van der Waals surface area (Å²) in [6, 6.07) is 8.18. The number of amides is 1. The number of sulfone groups is 1. The highest BCUT2D eigenvalue weighted by Gasteiger charge is 2.42. The Hall–Kier alpha value is -1.32. The number of rotatable bonds is 3. The fourth-order valence-corrected chi connectivity index (χ4v) is 6.75. The van der Waals surface area contributed by atoms with Gasteiger partial charge in [-0.2, -0.15) is 0 Å².